The standard InChI is InChI=1S/C15H16N2OS2/c1-10(8-12-4-3-7-19-12)16-15-17-13-6-5-11(18-2)9-14(13)20-15/h3-7,9-10H,8H2,1-2H3,(H,16,17). The molecule has 1 atom stereocenters. The third kappa shape index (κ3) is 2.94. The zero-order valence-corrected chi connectivity index (χ0v) is 13.1. The van der Waals surface area contributed by atoms with Crippen LogP contribution in [0.15, 0.2) is 35.7 Å². The van der Waals surface area contributed by atoms with E-state index in [2.05, 4.69) is 34.7 Å². The minimum atomic E-state index is 0.371. The number of nitrogens with zero attached hydrogens (tertiary/aromatic N) is 1. The van der Waals surface area contributed by atoms with Gasteiger partial charge in [-0.25, -0.2) is 4.98 Å². The summed E-state index contributed by atoms with van der Waals surface area (Å²) in [6.07, 6.45) is 1.02. The van der Waals surface area contributed by atoms with Gasteiger partial charge in [-0.2, -0.15) is 0 Å². The van der Waals surface area contributed by atoms with Gasteiger partial charge in [-0.3, -0.25) is 0 Å². The lowest BCUT2D eigenvalue weighted by molar-refractivity contribution is 0.415. The first-order valence-electron chi connectivity index (χ1n) is 6.48. The van der Waals surface area contributed by atoms with E-state index < -0.39 is 0 Å². The summed E-state index contributed by atoms with van der Waals surface area (Å²) in [5, 5.41) is 6.57. The van der Waals surface area contributed by atoms with Gasteiger partial charge in [0.2, 0.25) is 0 Å². The maximum atomic E-state index is 5.24. The lowest BCUT2D eigenvalue weighted by Gasteiger charge is -2.11. The Morgan fingerprint density at radius 2 is 2.25 bits per heavy atom. The zero-order chi connectivity index (χ0) is 13.9. The van der Waals surface area contributed by atoms with Gasteiger partial charge in [0.1, 0.15) is 5.75 Å². The fraction of sp³-hybridized carbons (Fsp3) is 0.267. The monoisotopic (exact) mass is 304 g/mol. The number of hydrogen-bond acceptors (Lipinski definition) is 5. The van der Waals surface area contributed by atoms with Crippen LogP contribution in [0, 0.1) is 0 Å². The maximum absolute atomic E-state index is 5.24. The molecular weight excluding hydrogens is 288 g/mol. The van der Waals surface area contributed by atoms with Crippen molar-refractivity contribution in [3.8, 4) is 5.75 Å². The quantitative estimate of drug-likeness (QED) is 0.758. The van der Waals surface area contributed by atoms with Gasteiger partial charge in [-0.15, -0.1) is 11.3 Å². The molecule has 0 spiro atoms. The molecule has 1 unspecified atom stereocenters. The van der Waals surface area contributed by atoms with Crippen LogP contribution in [0.5, 0.6) is 5.75 Å². The number of benzene rings is 1. The number of nitrogens with one attached hydrogen (secondary N) is 1. The number of hydrogen-bond donors (Lipinski definition) is 1. The number of methoxy groups -OCH3 is 1. The molecule has 0 bridgehead atoms. The Labute approximate surface area is 126 Å². The summed E-state index contributed by atoms with van der Waals surface area (Å²) in [6, 6.07) is 10.6. The molecule has 3 aromatic rings. The highest BCUT2D eigenvalue weighted by Crippen LogP contribution is 2.29. The number of thiophene rings is 1. The van der Waals surface area contributed by atoms with Crippen LogP contribution in [0.1, 0.15) is 11.8 Å². The van der Waals surface area contributed by atoms with Gasteiger partial charge in [0.25, 0.3) is 0 Å². The smallest absolute Gasteiger partial charge is 0.184 e. The Morgan fingerprint density at radius 3 is 3.00 bits per heavy atom. The minimum Gasteiger partial charge on any atom is -0.497 e. The van der Waals surface area contributed by atoms with Crippen molar-refractivity contribution < 1.29 is 4.74 Å². The van der Waals surface area contributed by atoms with E-state index in [4.69, 9.17) is 4.74 Å². The summed E-state index contributed by atoms with van der Waals surface area (Å²) in [7, 11) is 1.68. The second-order valence-corrected chi connectivity index (χ2v) is 6.74. The van der Waals surface area contributed by atoms with E-state index >= 15 is 0 Å². The fourth-order valence-electron chi connectivity index (χ4n) is 2.09. The summed E-state index contributed by atoms with van der Waals surface area (Å²) in [5.74, 6) is 0.874. The second kappa shape index (κ2) is 5.81. The minimum absolute atomic E-state index is 0.371. The van der Waals surface area contributed by atoms with Gasteiger partial charge in [-0.1, -0.05) is 17.4 Å². The number of fused-ring (bicyclic) bond motifs is 1. The molecule has 0 aliphatic rings. The average molecular weight is 304 g/mol. The Balaban J connectivity index is 1.73. The van der Waals surface area contributed by atoms with Crippen molar-refractivity contribution in [2.24, 2.45) is 0 Å². The zero-order valence-electron chi connectivity index (χ0n) is 11.4. The van der Waals surface area contributed by atoms with Crippen LogP contribution in [0.25, 0.3) is 10.2 Å². The predicted octanol–water partition coefficient (Wildman–Crippen LogP) is 4.41. The van der Waals surface area contributed by atoms with Crippen LogP contribution < -0.4 is 10.1 Å². The van der Waals surface area contributed by atoms with Gasteiger partial charge in [0.05, 0.1) is 17.3 Å². The number of ether oxygens (including phenoxy) is 1. The fourth-order valence-corrected chi connectivity index (χ4v) is 3.93. The first-order valence-corrected chi connectivity index (χ1v) is 8.18. The van der Waals surface area contributed by atoms with Crippen molar-refractivity contribution in [2.45, 2.75) is 19.4 Å². The largest absolute Gasteiger partial charge is 0.497 e. The molecular formula is C15H16N2OS2. The number of aromatic nitrogens is 1. The van der Waals surface area contributed by atoms with Gasteiger partial charge in [0, 0.05) is 17.3 Å². The number of anilines is 1. The first-order chi connectivity index (χ1) is 9.74. The number of rotatable bonds is 5. The molecule has 0 saturated carbocycles. The van der Waals surface area contributed by atoms with Crippen LogP contribution in [-0.2, 0) is 6.42 Å². The molecule has 2 aromatic heterocycles. The Morgan fingerprint density at radius 1 is 1.35 bits per heavy atom. The van der Waals surface area contributed by atoms with Crippen LogP contribution in [0.3, 0.4) is 0 Å². The highest BCUT2D eigenvalue weighted by atomic mass is 32.1. The van der Waals surface area contributed by atoms with E-state index in [9.17, 15) is 0 Å². The molecule has 1 aromatic carbocycles. The molecule has 5 heteroatoms. The molecule has 0 saturated heterocycles. The molecule has 0 radical (unpaired) electrons. The summed E-state index contributed by atoms with van der Waals surface area (Å²) < 4.78 is 6.39. The van der Waals surface area contributed by atoms with E-state index in [1.54, 1.807) is 29.8 Å². The van der Waals surface area contributed by atoms with E-state index in [1.807, 2.05) is 18.2 Å². The van der Waals surface area contributed by atoms with E-state index in [0.717, 1.165) is 27.5 Å². The highest BCUT2D eigenvalue weighted by Gasteiger charge is 2.09. The van der Waals surface area contributed by atoms with Gasteiger partial charge < -0.3 is 10.1 Å². The first kappa shape index (κ1) is 13.4. The van der Waals surface area contributed by atoms with Crippen molar-refractivity contribution in [2.75, 3.05) is 12.4 Å². The average Bonchev–Trinajstić information content (AvgIpc) is 3.06. The van der Waals surface area contributed by atoms with Gasteiger partial charge in [-0.05, 0) is 36.6 Å². The normalized spacial score (nSPS) is 12.5. The Hall–Kier alpha value is -1.59. The molecule has 104 valence electrons. The summed E-state index contributed by atoms with van der Waals surface area (Å²) in [6.45, 7) is 2.19. The Kier molecular flexibility index (Phi) is 3.89. The van der Waals surface area contributed by atoms with Crippen molar-refractivity contribution in [1.29, 1.82) is 0 Å². The number of thiazole rings is 1. The summed E-state index contributed by atoms with van der Waals surface area (Å²) >= 11 is 3.47. The lowest BCUT2D eigenvalue weighted by atomic mass is 10.2. The molecule has 0 aliphatic carbocycles. The third-order valence-corrected chi connectivity index (χ3v) is 4.90. The summed E-state index contributed by atoms with van der Waals surface area (Å²) in [5.41, 5.74) is 1.02. The lowest BCUT2D eigenvalue weighted by Crippen LogP contribution is -2.17. The second-order valence-electron chi connectivity index (χ2n) is 4.68. The molecule has 3 rings (SSSR count). The van der Waals surface area contributed by atoms with Crippen molar-refractivity contribution >= 4 is 38.0 Å². The van der Waals surface area contributed by atoms with E-state index in [1.165, 1.54) is 4.88 Å². The van der Waals surface area contributed by atoms with Crippen LogP contribution >= 0.6 is 22.7 Å². The molecule has 0 amide bonds. The molecule has 0 aliphatic heterocycles. The van der Waals surface area contributed by atoms with Crippen LogP contribution in [0.4, 0.5) is 5.13 Å². The maximum Gasteiger partial charge on any atom is 0.184 e. The van der Waals surface area contributed by atoms with Crippen molar-refractivity contribution in [3.05, 3.63) is 40.6 Å². The Bertz CT molecular complexity index is 691. The summed E-state index contributed by atoms with van der Waals surface area (Å²) in [4.78, 5) is 6.01. The van der Waals surface area contributed by atoms with Crippen molar-refractivity contribution in [1.82, 2.24) is 4.98 Å². The molecule has 1 N–H and O–H groups in total. The van der Waals surface area contributed by atoms with Crippen LogP contribution in [0.2, 0.25) is 0 Å². The predicted molar refractivity (Wildman–Crippen MR) is 87.3 cm³/mol. The molecule has 2 heterocycles. The SMILES string of the molecule is COc1ccc2nc(NC(C)Cc3cccs3)sc2c1. The molecule has 0 fully saturated rings. The van der Waals surface area contributed by atoms with E-state index in [-0.39, 0.29) is 0 Å². The topological polar surface area (TPSA) is 34.1 Å². The highest BCUT2D eigenvalue weighted by molar-refractivity contribution is 7.22. The molecule has 20 heavy (non-hydrogen) atoms. The van der Waals surface area contributed by atoms with Gasteiger partial charge >= 0.3 is 0 Å². The van der Waals surface area contributed by atoms with Gasteiger partial charge in [0.15, 0.2) is 5.13 Å². The van der Waals surface area contributed by atoms with Crippen LogP contribution in [-0.4, -0.2) is 18.1 Å². The van der Waals surface area contributed by atoms with E-state index in [0.29, 0.717) is 6.04 Å². The molecule has 3 nitrogen and oxygen atoms in total. The third-order valence-electron chi connectivity index (χ3n) is 3.05. The van der Waals surface area contributed by atoms with Crippen molar-refractivity contribution in [3.63, 3.8) is 0 Å².